The van der Waals surface area contributed by atoms with Crippen LogP contribution in [-0.4, -0.2) is 37.2 Å². The van der Waals surface area contributed by atoms with E-state index in [2.05, 4.69) is 27.7 Å². The molecule has 0 heterocycles. The highest BCUT2D eigenvalue weighted by molar-refractivity contribution is 5.71. The van der Waals surface area contributed by atoms with Crippen LogP contribution < -0.4 is 0 Å². The van der Waals surface area contributed by atoms with Gasteiger partial charge in [0.2, 0.25) is 0 Å². The maximum Gasteiger partial charge on any atom is 0.306 e. The summed E-state index contributed by atoms with van der Waals surface area (Å²) in [6.45, 7) is 8.98. The quantitative estimate of drug-likeness (QED) is 0.0347. The number of rotatable bonds is 45. The predicted molar refractivity (Wildman–Crippen MR) is 238 cm³/mol. The van der Waals surface area contributed by atoms with Crippen LogP contribution in [0.5, 0.6) is 0 Å². The van der Waals surface area contributed by atoms with E-state index in [0.29, 0.717) is 19.3 Å². The van der Waals surface area contributed by atoms with Crippen LogP contribution in [0.15, 0.2) is 0 Å². The summed E-state index contributed by atoms with van der Waals surface area (Å²) in [5, 5.41) is 0. The number of ether oxygens (including phenoxy) is 3. The highest BCUT2D eigenvalue weighted by Crippen LogP contribution is 2.17. The lowest BCUT2D eigenvalue weighted by molar-refractivity contribution is -0.167. The molecule has 0 aliphatic rings. The largest absolute Gasteiger partial charge is 0.462 e. The van der Waals surface area contributed by atoms with Crippen molar-refractivity contribution in [1.82, 2.24) is 0 Å². The van der Waals surface area contributed by atoms with Gasteiger partial charge in [-0.1, -0.05) is 240 Å². The van der Waals surface area contributed by atoms with E-state index >= 15 is 0 Å². The molecule has 56 heavy (non-hydrogen) atoms. The van der Waals surface area contributed by atoms with Crippen LogP contribution in [-0.2, 0) is 28.6 Å². The molecular weight excluding hydrogens is 697 g/mol. The lowest BCUT2D eigenvalue weighted by Crippen LogP contribution is -2.30. The van der Waals surface area contributed by atoms with Crippen LogP contribution in [0.1, 0.15) is 278 Å². The van der Waals surface area contributed by atoms with Gasteiger partial charge in [-0.15, -0.1) is 0 Å². The normalized spacial score (nSPS) is 11.9. The van der Waals surface area contributed by atoms with Crippen LogP contribution in [0.25, 0.3) is 0 Å². The summed E-state index contributed by atoms with van der Waals surface area (Å²) in [6.07, 6.45) is 45.4. The van der Waals surface area contributed by atoms with Crippen LogP contribution in [0.2, 0.25) is 0 Å². The predicted octanol–water partition coefficient (Wildman–Crippen LogP) is 15.9. The minimum Gasteiger partial charge on any atom is -0.462 e. The molecule has 0 aliphatic carbocycles. The number of carbonyl (C=O) groups is 3. The molecule has 0 amide bonds. The summed E-state index contributed by atoms with van der Waals surface area (Å²) >= 11 is 0. The Bertz CT molecular complexity index is 841. The fourth-order valence-electron chi connectivity index (χ4n) is 7.51. The molecule has 0 aromatic carbocycles. The molecule has 0 spiro atoms. The molecule has 0 unspecified atom stereocenters. The second-order valence-corrected chi connectivity index (χ2v) is 17.6. The minimum atomic E-state index is -0.758. The molecule has 0 rings (SSSR count). The summed E-state index contributed by atoms with van der Waals surface area (Å²) in [7, 11) is 0. The van der Waals surface area contributed by atoms with E-state index in [4.69, 9.17) is 14.2 Å². The highest BCUT2D eigenvalue weighted by atomic mass is 16.6. The SMILES string of the molecule is CCCCCCCCCCCCC(=O)OC[C@@H](COC(=O)CCCCCCCCCCCCCCCCCCCCC(C)C)OC(=O)CCCCCCCCC. The van der Waals surface area contributed by atoms with Crippen molar-refractivity contribution < 1.29 is 28.6 Å². The Hall–Kier alpha value is -1.59. The number of hydrogen-bond acceptors (Lipinski definition) is 6. The van der Waals surface area contributed by atoms with Gasteiger partial charge in [0.05, 0.1) is 0 Å². The molecule has 0 radical (unpaired) electrons. The Balaban J connectivity index is 4.08. The standard InChI is InChI=1S/C50H96O6/c1-5-7-9-11-13-14-26-30-33-37-41-48(51)54-44-47(56-50(53)43-39-35-28-12-10-8-6-2)45-55-49(52)42-38-34-31-27-24-22-20-18-16-15-17-19-21-23-25-29-32-36-40-46(3)4/h46-47H,5-45H2,1-4H3/t47-/m0/s1. The van der Waals surface area contributed by atoms with Crippen LogP contribution >= 0.6 is 0 Å². The molecule has 332 valence electrons. The van der Waals surface area contributed by atoms with Gasteiger partial charge in [0, 0.05) is 19.3 Å². The summed E-state index contributed by atoms with van der Waals surface area (Å²) in [5.74, 6) is 0.00216. The zero-order valence-corrected chi connectivity index (χ0v) is 38.1. The molecule has 1 atom stereocenters. The van der Waals surface area contributed by atoms with E-state index in [9.17, 15) is 14.4 Å². The Labute approximate surface area is 348 Å². The molecule has 0 bridgehead atoms. The second-order valence-electron chi connectivity index (χ2n) is 17.6. The highest BCUT2D eigenvalue weighted by Gasteiger charge is 2.19. The van der Waals surface area contributed by atoms with Crippen LogP contribution in [0, 0.1) is 5.92 Å². The summed E-state index contributed by atoms with van der Waals surface area (Å²) in [6, 6.07) is 0. The van der Waals surface area contributed by atoms with Gasteiger partial charge in [-0.3, -0.25) is 14.4 Å². The Morgan fingerprint density at radius 2 is 0.589 bits per heavy atom. The second kappa shape index (κ2) is 44.5. The van der Waals surface area contributed by atoms with Gasteiger partial charge >= 0.3 is 17.9 Å². The number of carbonyl (C=O) groups excluding carboxylic acids is 3. The van der Waals surface area contributed by atoms with Gasteiger partial charge in [-0.05, 0) is 25.2 Å². The first kappa shape index (κ1) is 54.4. The van der Waals surface area contributed by atoms with Crippen molar-refractivity contribution in [2.45, 2.75) is 284 Å². The van der Waals surface area contributed by atoms with Gasteiger partial charge < -0.3 is 14.2 Å². The van der Waals surface area contributed by atoms with Gasteiger partial charge in [-0.2, -0.15) is 0 Å². The van der Waals surface area contributed by atoms with Gasteiger partial charge in [0.25, 0.3) is 0 Å². The van der Waals surface area contributed by atoms with Gasteiger partial charge in [0.1, 0.15) is 13.2 Å². The first-order valence-corrected chi connectivity index (χ1v) is 24.9. The average molecular weight is 793 g/mol. The molecule has 0 aromatic rings. The van der Waals surface area contributed by atoms with Crippen molar-refractivity contribution in [3.8, 4) is 0 Å². The number of unbranched alkanes of at least 4 members (excludes halogenated alkanes) is 32. The molecule has 6 heteroatoms. The molecule has 0 saturated carbocycles. The Kier molecular flexibility index (Phi) is 43.2. The van der Waals surface area contributed by atoms with E-state index in [0.717, 1.165) is 63.7 Å². The fourth-order valence-corrected chi connectivity index (χ4v) is 7.51. The van der Waals surface area contributed by atoms with Crippen molar-refractivity contribution >= 4 is 17.9 Å². The lowest BCUT2D eigenvalue weighted by Gasteiger charge is -2.18. The maximum atomic E-state index is 12.6. The average Bonchev–Trinajstić information content (AvgIpc) is 3.18. The number of hydrogen-bond donors (Lipinski definition) is 0. The smallest absolute Gasteiger partial charge is 0.306 e. The third-order valence-corrected chi connectivity index (χ3v) is 11.3. The van der Waals surface area contributed by atoms with Crippen LogP contribution in [0.4, 0.5) is 0 Å². The Morgan fingerprint density at radius 3 is 0.875 bits per heavy atom. The van der Waals surface area contributed by atoms with Crippen molar-refractivity contribution in [1.29, 1.82) is 0 Å². The van der Waals surface area contributed by atoms with Crippen molar-refractivity contribution in [3.05, 3.63) is 0 Å². The van der Waals surface area contributed by atoms with E-state index < -0.39 is 6.10 Å². The first-order valence-electron chi connectivity index (χ1n) is 24.9. The van der Waals surface area contributed by atoms with Gasteiger partial charge in [-0.25, -0.2) is 0 Å². The van der Waals surface area contributed by atoms with Crippen molar-refractivity contribution in [3.63, 3.8) is 0 Å². The Morgan fingerprint density at radius 1 is 0.339 bits per heavy atom. The number of esters is 3. The van der Waals surface area contributed by atoms with Crippen LogP contribution in [0.3, 0.4) is 0 Å². The summed E-state index contributed by atoms with van der Waals surface area (Å²) in [4.78, 5) is 37.6. The van der Waals surface area contributed by atoms with E-state index in [1.807, 2.05) is 0 Å². The van der Waals surface area contributed by atoms with Crippen molar-refractivity contribution in [2.75, 3.05) is 13.2 Å². The maximum absolute atomic E-state index is 12.6. The van der Waals surface area contributed by atoms with E-state index in [1.54, 1.807) is 0 Å². The zero-order chi connectivity index (χ0) is 41.0. The summed E-state index contributed by atoms with van der Waals surface area (Å²) in [5.41, 5.74) is 0. The zero-order valence-electron chi connectivity index (χ0n) is 38.1. The minimum absolute atomic E-state index is 0.0637. The third-order valence-electron chi connectivity index (χ3n) is 11.3. The molecule has 0 aliphatic heterocycles. The monoisotopic (exact) mass is 793 g/mol. The molecule has 0 aromatic heterocycles. The molecule has 0 N–H and O–H groups in total. The topological polar surface area (TPSA) is 78.9 Å². The van der Waals surface area contributed by atoms with E-state index in [-0.39, 0.29) is 31.1 Å². The molecule has 6 nitrogen and oxygen atoms in total. The molecule has 0 saturated heterocycles. The summed E-state index contributed by atoms with van der Waals surface area (Å²) < 4.78 is 16.7. The molecule has 0 fully saturated rings. The third kappa shape index (κ3) is 43.5. The first-order chi connectivity index (χ1) is 27.4. The molecular formula is C50H96O6. The van der Waals surface area contributed by atoms with Crippen molar-refractivity contribution in [2.24, 2.45) is 5.92 Å². The fraction of sp³-hybridized carbons (Fsp3) is 0.940. The van der Waals surface area contributed by atoms with Gasteiger partial charge in [0.15, 0.2) is 6.10 Å². The lowest BCUT2D eigenvalue weighted by atomic mass is 10.0. The van der Waals surface area contributed by atoms with E-state index in [1.165, 1.54) is 173 Å².